The Balaban J connectivity index is 2.41. The number of benzene rings is 2. The summed E-state index contributed by atoms with van der Waals surface area (Å²) in [5.41, 5.74) is 1.02. The highest BCUT2D eigenvalue weighted by molar-refractivity contribution is 5.83. The largest absolute Gasteiger partial charge is 0.480 e. The van der Waals surface area contributed by atoms with E-state index in [0.717, 1.165) is 0 Å². The third kappa shape index (κ3) is 1.57. The number of hydrogen-bond donors (Lipinski definition) is 1. The second-order valence-electron chi connectivity index (χ2n) is 3.97. The van der Waals surface area contributed by atoms with Gasteiger partial charge in [-0.15, -0.1) is 0 Å². The SMILES string of the molecule is O=c1c(-c2ccccc2)c(O)oc2ccccc12. The number of fused-ring (bicyclic) bond motifs is 1. The molecule has 3 rings (SSSR count). The van der Waals surface area contributed by atoms with Gasteiger partial charge in [0.15, 0.2) is 0 Å². The zero-order chi connectivity index (χ0) is 12.5. The molecule has 0 saturated carbocycles. The van der Waals surface area contributed by atoms with Crippen molar-refractivity contribution in [3.63, 3.8) is 0 Å². The van der Waals surface area contributed by atoms with E-state index in [-0.39, 0.29) is 16.9 Å². The van der Waals surface area contributed by atoms with Crippen molar-refractivity contribution >= 4 is 11.0 Å². The fraction of sp³-hybridized carbons (Fsp3) is 0. The normalized spacial score (nSPS) is 10.7. The molecule has 1 aromatic heterocycles. The summed E-state index contributed by atoms with van der Waals surface area (Å²) in [6, 6.07) is 15.9. The third-order valence-electron chi connectivity index (χ3n) is 2.84. The van der Waals surface area contributed by atoms with Gasteiger partial charge in [-0.25, -0.2) is 0 Å². The van der Waals surface area contributed by atoms with Crippen LogP contribution in [0.4, 0.5) is 0 Å². The van der Waals surface area contributed by atoms with Gasteiger partial charge in [0.2, 0.25) is 5.43 Å². The van der Waals surface area contributed by atoms with Crippen molar-refractivity contribution in [2.45, 2.75) is 0 Å². The van der Waals surface area contributed by atoms with E-state index in [1.165, 1.54) is 0 Å². The maximum atomic E-state index is 12.3. The van der Waals surface area contributed by atoms with Crippen molar-refractivity contribution in [2.75, 3.05) is 0 Å². The van der Waals surface area contributed by atoms with Crippen LogP contribution in [0, 0.1) is 0 Å². The van der Waals surface area contributed by atoms with Crippen molar-refractivity contribution < 1.29 is 9.52 Å². The van der Waals surface area contributed by atoms with E-state index in [0.29, 0.717) is 16.5 Å². The smallest absolute Gasteiger partial charge is 0.294 e. The second kappa shape index (κ2) is 4.04. The summed E-state index contributed by atoms with van der Waals surface area (Å²) in [5.74, 6) is -0.343. The third-order valence-corrected chi connectivity index (χ3v) is 2.84. The molecule has 0 unspecified atom stereocenters. The fourth-order valence-corrected chi connectivity index (χ4v) is 1.99. The van der Waals surface area contributed by atoms with Gasteiger partial charge >= 0.3 is 0 Å². The molecule has 0 bridgehead atoms. The van der Waals surface area contributed by atoms with Gasteiger partial charge in [0.25, 0.3) is 5.95 Å². The summed E-state index contributed by atoms with van der Waals surface area (Å²) in [7, 11) is 0. The maximum absolute atomic E-state index is 12.3. The first kappa shape index (κ1) is 10.6. The van der Waals surface area contributed by atoms with Crippen LogP contribution in [0.15, 0.2) is 63.8 Å². The first-order valence-electron chi connectivity index (χ1n) is 5.57. The molecule has 0 saturated heterocycles. The lowest BCUT2D eigenvalue weighted by molar-refractivity contribution is 0.342. The molecule has 3 heteroatoms. The highest BCUT2D eigenvalue weighted by Crippen LogP contribution is 2.28. The summed E-state index contributed by atoms with van der Waals surface area (Å²) < 4.78 is 5.28. The Morgan fingerprint density at radius 3 is 2.33 bits per heavy atom. The zero-order valence-corrected chi connectivity index (χ0v) is 9.46. The van der Waals surface area contributed by atoms with Gasteiger partial charge in [0.05, 0.1) is 5.39 Å². The molecule has 0 atom stereocenters. The summed E-state index contributed by atoms with van der Waals surface area (Å²) >= 11 is 0. The first-order chi connectivity index (χ1) is 8.77. The number of aromatic hydroxyl groups is 1. The summed E-state index contributed by atoms with van der Waals surface area (Å²) in [4.78, 5) is 12.3. The molecule has 0 amide bonds. The Hall–Kier alpha value is -2.55. The van der Waals surface area contributed by atoms with Crippen molar-refractivity contribution in [1.82, 2.24) is 0 Å². The summed E-state index contributed by atoms with van der Waals surface area (Å²) in [6.45, 7) is 0. The van der Waals surface area contributed by atoms with Crippen molar-refractivity contribution in [3.05, 3.63) is 64.8 Å². The molecule has 3 nitrogen and oxygen atoms in total. The van der Waals surface area contributed by atoms with Gasteiger partial charge in [0, 0.05) is 0 Å². The molecule has 0 aliphatic rings. The molecule has 1 heterocycles. The van der Waals surface area contributed by atoms with Gasteiger partial charge in [-0.2, -0.15) is 0 Å². The number of para-hydroxylation sites is 1. The molecule has 2 aromatic carbocycles. The van der Waals surface area contributed by atoms with E-state index in [1.807, 2.05) is 18.2 Å². The summed E-state index contributed by atoms with van der Waals surface area (Å²) in [5, 5.41) is 10.3. The molecule has 1 N–H and O–H groups in total. The van der Waals surface area contributed by atoms with Crippen LogP contribution in [0.3, 0.4) is 0 Å². The molecule has 0 aliphatic heterocycles. The van der Waals surface area contributed by atoms with Crippen LogP contribution in [-0.2, 0) is 0 Å². The van der Waals surface area contributed by atoms with Crippen molar-refractivity contribution in [2.24, 2.45) is 0 Å². The van der Waals surface area contributed by atoms with E-state index in [4.69, 9.17) is 4.42 Å². The Bertz CT molecular complexity index is 758. The van der Waals surface area contributed by atoms with Crippen LogP contribution in [-0.4, -0.2) is 5.11 Å². The first-order valence-corrected chi connectivity index (χ1v) is 5.57. The number of rotatable bonds is 1. The fourth-order valence-electron chi connectivity index (χ4n) is 1.99. The molecule has 88 valence electrons. The molecule has 3 aromatic rings. The van der Waals surface area contributed by atoms with E-state index in [9.17, 15) is 9.90 Å². The molecule has 0 aliphatic carbocycles. The maximum Gasteiger partial charge on any atom is 0.294 e. The molecular weight excluding hydrogens is 228 g/mol. The van der Waals surface area contributed by atoms with Gasteiger partial charge in [-0.1, -0.05) is 42.5 Å². The van der Waals surface area contributed by atoms with Gasteiger partial charge in [-0.3, -0.25) is 4.79 Å². The number of hydrogen-bond acceptors (Lipinski definition) is 3. The van der Waals surface area contributed by atoms with Crippen LogP contribution in [0.5, 0.6) is 5.95 Å². The lowest BCUT2D eigenvalue weighted by atomic mass is 10.1. The lowest BCUT2D eigenvalue weighted by Gasteiger charge is -2.04. The highest BCUT2D eigenvalue weighted by atomic mass is 16.5. The van der Waals surface area contributed by atoms with Crippen LogP contribution in [0.2, 0.25) is 0 Å². The predicted octanol–water partition coefficient (Wildman–Crippen LogP) is 3.17. The van der Waals surface area contributed by atoms with E-state index in [1.54, 1.807) is 36.4 Å². The standard InChI is InChI=1S/C15H10O3/c16-14-11-8-4-5-9-12(11)18-15(17)13(14)10-6-2-1-3-7-10/h1-9,17H. The Morgan fingerprint density at radius 1 is 0.889 bits per heavy atom. The zero-order valence-electron chi connectivity index (χ0n) is 9.46. The van der Waals surface area contributed by atoms with Crippen LogP contribution in [0.1, 0.15) is 0 Å². The van der Waals surface area contributed by atoms with Crippen molar-refractivity contribution in [1.29, 1.82) is 0 Å². The van der Waals surface area contributed by atoms with Crippen molar-refractivity contribution in [3.8, 4) is 17.1 Å². The van der Waals surface area contributed by atoms with Crippen LogP contribution in [0.25, 0.3) is 22.1 Å². The molecule has 18 heavy (non-hydrogen) atoms. The minimum atomic E-state index is -0.343. The minimum absolute atomic E-state index is 0.203. The average molecular weight is 238 g/mol. The van der Waals surface area contributed by atoms with E-state index < -0.39 is 0 Å². The Morgan fingerprint density at radius 2 is 1.56 bits per heavy atom. The lowest BCUT2D eigenvalue weighted by Crippen LogP contribution is -2.05. The molecule has 0 fully saturated rings. The monoisotopic (exact) mass is 238 g/mol. The van der Waals surface area contributed by atoms with E-state index >= 15 is 0 Å². The van der Waals surface area contributed by atoms with Gasteiger partial charge < -0.3 is 9.52 Å². The topological polar surface area (TPSA) is 50.4 Å². The second-order valence-corrected chi connectivity index (χ2v) is 3.97. The molecule has 0 spiro atoms. The Kier molecular flexibility index (Phi) is 2.38. The van der Waals surface area contributed by atoms with Crippen LogP contribution < -0.4 is 5.43 Å². The molecular formula is C15H10O3. The van der Waals surface area contributed by atoms with Gasteiger partial charge in [0.1, 0.15) is 11.1 Å². The average Bonchev–Trinajstić information content (AvgIpc) is 2.40. The predicted molar refractivity (Wildman–Crippen MR) is 69.6 cm³/mol. The Labute approximate surface area is 103 Å². The van der Waals surface area contributed by atoms with E-state index in [2.05, 4.69) is 0 Å². The molecule has 0 radical (unpaired) electrons. The van der Waals surface area contributed by atoms with Crippen LogP contribution >= 0.6 is 0 Å². The van der Waals surface area contributed by atoms with Gasteiger partial charge in [-0.05, 0) is 17.7 Å². The highest BCUT2D eigenvalue weighted by Gasteiger charge is 2.14. The summed E-state index contributed by atoms with van der Waals surface area (Å²) in [6.07, 6.45) is 0. The minimum Gasteiger partial charge on any atom is -0.480 e. The quantitative estimate of drug-likeness (QED) is 0.708.